The van der Waals surface area contributed by atoms with Crippen molar-refractivity contribution in [2.75, 3.05) is 18.0 Å². The molecule has 0 spiro atoms. The van der Waals surface area contributed by atoms with Crippen LogP contribution < -0.4 is 10.5 Å². The summed E-state index contributed by atoms with van der Waals surface area (Å²) >= 11 is 0. The van der Waals surface area contributed by atoms with E-state index in [0.29, 0.717) is 35.9 Å². The van der Waals surface area contributed by atoms with Crippen molar-refractivity contribution in [2.45, 2.75) is 6.42 Å². The van der Waals surface area contributed by atoms with Gasteiger partial charge in [-0.1, -0.05) is 12.1 Å². The minimum atomic E-state index is -0.607. The molecule has 4 rings (SSSR count). The lowest BCUT2D eigenvalue weighted by Crippen LogP contribution is -2.35. The van der Waals surface area contributed by atoms with E-state index in [0.717, 1.165) is 0 Å². The molecule has 0 saturated heterocycles. The fourth-order valence-corrected chi connectivity index (χ4v) is 3.28. The molecule has 142 valence electrons. The molecule has 28 heavy (non-hydrogen) atoms. The lowest BCUT2D eigenvalue weighted by atomic mass is 10.00. The van der Waals surface area contributed by atoms with E-state index >= 15 is 0 Å². The first-order valence-corrected chi connectivity index (χ1v) is 8.77. The van der Waals surface area contributed by atoms with Crippen LogP contribution in [0.25, 0.3) is 17.0 Å². The normalized spacial score (nSPS) is 14.1. The van der Waals surface area contributed by atoms with Gasteiger partial charge in [0.1, 0.15) is 18.0 Å². The molecule has 0 aliphatic carbocycles. The maximum Gasteiger partial charge on any atom is 0.255 e. The van der Waals surface area contributed by atoms with Gasteiger partial charge in [-0.05, 0) is 30.2 Å². The molecular formula is C20H17F2N5O. The number of anilines is 1. The molecule has 0 N–H and O–H groups in total. The first-order valence-electron chi connectivity index (χ1n) is 8.77. The standard InChI is InChI=1S/C20H17F2N5O/c1-26-18(28)10-17(16-7-8-23-12-24-16)25-20(26)27-9-3-4-13(11-27)19-14(21)5-2-6-15(19)22/h2,4-8,10,12H,3,9,11H2,1H3. The summed E-state index contributed by atoms with van der Waals surface area (Å²) in [7, 11) is 1.62. The SMILES string of the molecule is Cn1c(N2CCC=C(c3c(F)cccc3F)C2)nc(-c2ccncn2)cc1=O. The van der Waals surface area contributed by atoms with Crippen molar-refractivity contribution in [1.82, 2.24) is 19.5 Å². The molecule has 6 nitrogen and oxygen atoms in total. The summed E-state index contributed by atoms with van der Waals surface area (Å²) in [6, 6.07) is 6.89. The highest BCUT2D eigenvalue weighted by molar-refractivity contribution is 5.72. The van der Waals surface area contributed by atoms with E-state index in [1.165, 1.54) is 35.2 Å². The van der Waals surface area contributed by atoms with Gasteiger partial charge in [0.05, 0.1) is 17.0 Å². The van der Waals surface area contributed by atoms with Gasteiger partial charge in [-0.25, -0.2) is 23.7 Å². The van der Waals surface area contributed by atoms with Gasteiger partial charge in [-0.2, -0.15) is 0 Å². The maximum atomic E-state index is 14.2. The number of hydrogen-bond acceptors (Lipinski definition) is 5. The second-order valence-corrected chi connectivity index (χ2v) is 6.47. The van der Waals surface area contributed by atoms with Crippen LogP contribution in [0.4, 0.5) is 14.7 Å². The van der Waals surface area contributed by atoms with Gasteiger partial charge < -0.3 is 4.90 Å². The zero-order valence-electron chi connectivity index (χ0n) is 15.1. The van der Waals surface area contributed by atoms with Crippen LogP contribution in [-0.4, -0.2) is 32.6 Å². The number of benzene rings is 1. The molecule has 0 bridgehead atoms. The largest absolute Gasteiger partial charge is 0.338 e. The van der Waals surface area contributed by atoms with Crippen LogP contribution >= 0.6 is 0 Å². The summed E-state index contributed by atoms with van der Waals surface area (Å²) in [5.74, 6) is -0.794. The number of hydrogen-bond donors (Lipinski definition) is 0. The number of rotatable bonds is 3. The van der Waals surface area contributed by atoms with Crippen molar-refractivity contribution in [2.24, 2.45) is 7.05 Å². The third-order valence-electron chi connectivity index (χ3n) is 4.67. The zero-order chi connectivity index (χ0) is 19.7. The van der Waals surface area contributed by atoms with Crippen LogP contribution in [0.5, 0.6) is 0 Å². The Labute approximate surface area is 159 Å². The highest BCUT2D eigenvalue weighted by Gasteiger charge is 2.22. The Morgan fingerprint density at radius 3 is 2.61 bits per heavy atom. The van der Waals surface area contributed by atoms with Crippen molar-refractivity contribution in [3.8, 4) is 11.4 Å². The molecule has 0 fully saturated rings. The van der Waals surface area contributed by atoms with Crippen molar-refractivity contribution in [1.29, 1.82) is 0 Å². The number of aromatic nitrogens is 4. The second-order valence-electron chi connectivity index (χ2n) is 6.47. The molecule has 1 aromatic carbocycles. The smallest absolute Gasteiger partial charge is 0.255 e. The first-order chi connectivity index (χ1) is 13.5. The first kappa shape index (κ1) is 18.0. The van der Waals surface area contributed by atoms with Crippen LogP contribution in [0, 0.1) is 11.6 Å². The molecule has 0 amide bonds. The molecule has 2 aromatic heterocycles. The van der Waals surface area contributed by atoms with Crippen LogP contribution in [-0.2, 0) is 7.05 Å². The summed E-state index contributed by atoms with van der Waals surface area (Å²) in [6.07, 6.45) is 5.36. The Hall–Kier alpha value is -3.42. The lowest BCUT2D eigenvalue weighted by Gasteiger charge is -2.30. The molecule has 3 heterocycles. The van der Waals surface area contributed by atoms with Gasteiger partial charge in [0.25, 0.3) is 5.56 Å². The Balaban J connectivity index is 1.73. The highest BCUT2D eigenvalue weighted by atomic mass is 19.1. The van der Waals surface area contributed by atoms with Gasteiger partial charge in [-0.3, -0.25) is 9.36 Å². The summed E-state index contributed by atoms with van der Waals surface area (Å²) in [4.78, 5) is 26.9. The minimum Gasteiger partial charge on any atom is -0.338 e. The molecule has 1 aliphatic heterocycles. The molecule has 8 heteroatoms. The quantitative estimate of drug-likeness (QED) is 0.698. The zero-order valence-corrected chi connectivity index (χ0v) is 15.1. The number of nitrogens with zero attached hydrogens (tertiary/aromatic N) is 5. The van der Waals surface area contributed by atoms with Crippen LogP contribution in [0.2, 0.25) is 0 Å². The van der Waals surface area contributed by atoms with E-state index in [9.17, 15) is 13.6 Å². The molecular weight excluding hydrogens is 364 g/mol. The van der Waals surface area contributed by atoms with Gasteiger partial charge in [0.2, 0.25) is 5.95 Å². The van der Waals surface area contributed by atoms with Crippen LogP contribution in [0.15, 0.2) is 53.7 Å². The van der Waals surface area contributed by atoms with Crippen molar-refractivity contribution >= 4 is 11.5 Å². The monoisotopic (exact) mass is 381 g/mol. The van der Waals surface area contributed by atoms with E-state index < -0.39 is 11.6 Å². The molecule has 3 aromatic rings. The Kier molecular flexibility index (Phi) is 4.68. The van der Waals surface area contributed by atoms with Gasteiger partial charge in [0, 0.05) is 32.4 Å². The molecule has 0 unspecified atom stereocenters. The Morgan fingerprint density at radius 2 is 1.89 bits per heavy atom. The van der Waals surface area contributed by atoms with Crippen molar-refractivity contribution in [3.63, 3.8) is 0 Å². The molecule has 0 radical (unpaired) electrons. The van der Waals surface area contributed by atoms with Crippen molar-refractivity contribution < 1.29 is 8.78 Å². The topological polar surface area (TPSA) is 63.9 Å². The number of halogens is 2. The fraction of sp³-hybridized carbons (Fsp3) is 0.200. The third kappa shape index (κ3) is 3.28. The fourth-order valence-electron chi connectivity index (χ4n) is 3.28. The van der Waals surface area contributed by atoms with E-state index in [1.807, 2.05) is 11.0 Å². The van der Waals surface area contributed by atoms with Gasteiger partial charge >= 0.3 is 0 Å². The summed E-state index contributed by atoms with van der Waals surface area (Å²) < 4.78 is 29.8. The lowest BCUT2D eigenvalue weighted by molar-refractivity contribution is 0.574. The van der Waals surface area contributed by atoms with Crippen LogP contribution in [0.3, 0.4) is 0 Å². The predicted octanol–water partition coefficient (Wildman–Crippen LogP) is 2.81. The van der Waals surface area contributed by atoms with E-state index in [-0.39, 0.29) is 17.7 Å². The van der Waals surface area contributed by atoms with E-state index in [1.54, 1.807) is 19.3 Å². The Morgan fingerprint density at radius 1 is 1.11 bits per heavy atom. The molecule has 1 aliphatic rings. The second kappa shape index (κ2) is 7.30. The Bertz CT molecular complexity index is 1090. The third-order valence-corrected chi connectivity index (χ3v) is 4.67. The van der Waals surface area contributed by atoms with Crippen LogP contribution in [0.1, 0.15) is 12.0 Å². The maximum absolute atomic E-state index is 14.2. The van der Waals surface area contributed by atoms with E-state index in [4.69, 9.17) is 0 Å². The van der Waals surface area contributed by atoms with Gasteiger partial charge in [-0.15, -0.1) is 0 Å². The van der Waals surface area contributed by atoms with Gasteiger partial charge in [0.15, 0.2) is 0 Å². The van der Waals surface area contributed by atoms with E-state index in [2.05, 4.69) is 15.0 Å². The summed E-state index contributed by atoms with van der Waals surface area (Å²) in [6.45, 7) is 0.818. The average molecular weight is 381 g/mol. The minimum absolute atomic E-state index is 0.0378. The van der Waals surface area contributed by atoms with Crippen molar-refractivity contribution in [3.05, 3.63) is 76.5 Å². The predicted molar refractivity (Wildman–Crippen MR) is 102 cm³/mol. The molecule has 0 saturated carbocycles. The average Bonchev–Trinajstić information content (AvgIpc) is 2.71. The molecule has 0 atom stereocenters. The summed E-state index contributed by atoms with van der Waals surface area (Å²) in [5, 5.41) is 0. The summed E-state index contributed by atoms with van der Waals surface area (Å²) in [5.41, 5.74) is 1.20. The highest BCUT2D eigenvalue weighted by Crippen LogP contribution is 2.28.